The zero-order chi connectivity index (χ0) is 14.0. The summed E-state index contributed by atoms with van der Waals surface area (Å²) in [5.74, 6) is -0.738. The highest BCUT2D eigenvalue weighted by atomic mass is 79.9. The first-order valence-corrected chi connectivity index (χ1v) is 6.79. The average molecular weight is 347 g/mol. The van der Waals surface area contributed by atoms with Crippen molar-refractivity contribution in [2.24, 2.45) is 5.73 Å². The largest absolute Gasteiger partial charge is 0.324 e. The zero-order valence-corrected chi connectivity index (χ0v) is 12.2. The van der Waals surface area contributed by atoms with Crippen molar-refractivity contribution in [1.29, 1.82) is 0 Å². The average Bonchev–Trinajstić information content (AvgIpc) is 2.36. The van der Waals surface area contributed by atoms with Crippen molar-refractivity contribution in [2.75, 3.05) is 0 Å². The Labute approximate surface area is 123 Å². The van der Waals surface area contributed by atoms with E-state index < -0.39 is 6.04 Å². The van der Waals surface area contributed by atoms with Crippen LogP contribution in [0.15, 0.2) is 40.9 Å². The highest BCUT2D eigenvalue weighted by Gasteiger charge is 2.12. The second kappa shape index (κ2) is 5.99. The third-order valence-electron chi connectivity index (χ3n) is 2.83. The van der Waals surface area contributed by atoms with E-state index in [1.165, 1.54) is 12.1 Å². The van der Waals surface area contributed by atoms with Crippen molar-refractivity contribution in [3.05, 3.63) is 68.7 Å². The van der Waals surface area contributed by atoms with Crippen LogP contribution in [0.1, 0.15) is 17.2 Å². The molecule has 0 radical (unpaired) electrons. The van der Waals surface area contributed by atoms with Crippen LogP contribution < -0.4 is 5.73 Å². The summed E-state index contributed by atoms with van der Waals surface area (Å²) < 4.78 is 27.1. The molecule has 0 aliphatic heterocycles. The van der Waals surface area contributed by atoms with E-state index in [-0.39, 0.29) is 11.6 Å². The minimum absolute atomic E-state index is 0.321. The third kappa shape index (κ3) is 3.53. The number of nitrogens with two attached hydrogens (primary N) is 1. The fourth-order valence-electron chi connectivity index (χ4n) is 1.79. The lowest BCUT2D eigenvalue weighted by atomic mass is 9.99. The lowest BCUT2D eigenvalue weighted by Gasteiger charge is -2.13. The first-order valence-electron chi connectivity index (χ1n) is 5.62. The zero-order valence-electron chi connectivity index (χ0n) is 9.84. The molecule has 2 aromatic rings. The normalized spacial score (nSPS) is 12.5. The van der Waals surface area contributed by atoms with Gasteiger partial charge in [0.2, 0.25) is 0 Å². The second-order valence-corrected chi connectivity index (χ2v) is 5.51. The molecule has 2 rings (SSSR count). The van der Waals surface area contributed by atoms with Gasteiger partial charge in [0, 0.05) is 11.1 Å². The maximum atomic E-state index is 13.7. The second-order valence-electron chi connectivity index (χ2n) is 4.22. The molecule has 2 N–H and O–H groups in total. The molecule has 0 heterocycles. The summed E-state index contributed by atoms with van der Waals surface area (Å²) in [5, 5.41) is 0.347. The number of rotatable bonds is 3. The summed E-state index contributed by atoms with van der Waals surface area (Å²) in [6.07, 6.45) is 0.321. The number of benzene rings is 2. The fourth-order valence-corrected chi connectivity index (χ4v) is 2.34. The van der Waals surface area contributed by atoms with E-state index in [9.17, 15) is 8.78 Å². The predicted octanol–water partition coefficient (Wildman–Crippen LogP) is 4.62. The van der Waals surface area contributed by atoms with Crippen LogP contribution in [0.4, 0.5) is 8.78 Å². The molecular formula is C14H11BrClF2N. The van der Waals surface area contributed by atoms with Crippen molar-refractivity contribution in [3.63, 3.8) is 0 Å². The quantitative estimate of drug-likeness (QED) is 0.862. The van der Waals surface area contributed by atoms with Crippen LogP contribution in [-0.2, 0) is 6.42 Å². The van der Waals surface area contributed by atoms with Crippen LogP contribution >= 0.6 is 27.5 Å². The molecule has 0 bridgehead atoms. The number of hydrogen-bond donors (Lipinski definition) is 1. The van der Waals surface area contributed by atoms with Crippen LogP contribution in [0.3, 0.4) is 0 Å². The van der Waals surface area contributed by atoms with Gasteiger partial charge < -0.3 is 5.73 Å². The first-order chi connectivity index (χ1) is 8.97. The molecule has 1 nitrogen and oxygen atoms in total. The van der Waals surface area contributed by atoms with Crippen LogP contribution in [0, 0.1) is 11.6 Å². The van der Waals surface area contributed by atoms with Crippen LogP contribution in [0.2, 0.25) is 5.02 Å². The van der Waals surface area contributed by atoms with E-state index in [2.05, 4.69) is 15.9 Å². The molecule has 1 unspecified atom stereocenters. The van der Waals surface area contributed by atoms with E-state index in [0.717, 1.165) is 5.56 Å². The minimum atomic E-state index is -0.410. The predicted molar refractivity (Wildman–Crippen MR) is 76.1 cm³/mol. The Morgan fingerprint density at radius 3 is 2.47 bits per heavy atom. The van der Waals surface area contributed by atoms with Gasteiger partial charge in [0.1, 0.15) is 11.6 Å². The molecule has 0 aliphatic carbocycles. The maximum Gasteiger partial charge on any atom is 0.137 e. The molecule has 0 spiro atoms. The highest BCUT2D eigenvalue weighted by Crippen LogP contribution is 2.24. The molecule has 0 amide bonds. The molecule has 100 valence electrons. The highest BCUT2D eigenvalue weighted by molar-refractivity contribution is 9.10. The Hall–Kier alpha value is -0.970. The van der Waals surface area contributed by atoms with Crippen molar-refractivity contribution in [1.82, 2.24) is 0 Å². The number of hydrogen-bond acceptors (Lipinski definition) is 1. The molecule has 2 aromatic carbocycles. The van der Waals surface area contributed by atoms with E-state index in [1.54, 1.807) is 24.3 Å². The molecule has 0 aliphatic rings. The van der Waals surface area contributed by atoms with Gasteiger partial charge in [-0.25, -0.2) is 8.78 Å². The van der Waals surface area contributed by atoms with E-state index in [0.29, 0.717) is 21.5 Å². The summed E-state index contributed by atoms with van der Waals surface area (Å²) in [4.78, 5) is 0. The lowest BCUT2D eigenvalue weighted by molar-refractivity contribution is 0.591. The Balaban J connectivity index is 2.20. The molecule has 0 fully saturated rings. The van der Waals surface area contributed by atoms with Crippen molar-refractivity contribution in [3.8, 4) is 0 Å². The molecule has 19 heavy (non-hydrogen) atoms. The molecule has 1 atom stereocenters. The van der Waals surface area contributed by atoms with E-state index in [4.69, 9.17) is 17.3 Å². The van der Waals surface area contributed by atoms with Crippen molar-refractivity contribution in [2.45, 2.75) is 12.5 Å². The summed E-state index contributed by atoms with van der Waals surface area (Å²) in [6.45, 7) is 0. The van der Waals surface area contributed by atoms with Gasteiger partial charge >= 0.3 is 0 Å². The summed E-state index contributed by atoms with van der Waals surface area (Å²) in [7, 11) is 0. The standard InChI is InChI=1S/C14H11BrClF2N/c15-11-5-9(2-4-12(11)17)14(19)6-8-1-3-10(16)7-13(8)18/h1-5,7,14H,6,19H2. The minimum Gasteiger partial charge on any atom is -0.324 e. The van der Waals surface area contributed by atoms with Crippen LogP contribution in [0.25, 0.3) is 0 Å². The van der Waals surface area contributed by atoms with E-state index >= 15 is 0 Å². The monoisotopic (exact) mass is 345 g/mol. The van der Waals surface area contributed by atoms with Gasteiger partial charge in [0.05, 0.1) is 4.47 Å². The van der Waals surface area contributed by atoms with Gasteiger partial charge in [-0.15, -0.1) is 0 Å². The maximum absolute atomic E-state index is 13.7. The third-order valence-corrected chi connectivity index (χ3v) is 3.67. The molecule has 5 heteroatoms. The van der Waals surface area contributed by atoms with Crippen molar-refractivity contribution < 1.29 is 8.78 Å². The molecular weight excluding hydrogens is 336 g/mol. The van der Waals surface area contributed by atoms with Gasteiger partial charge in [-0.3, -0.25) is 0 Å². The Bertz CT molecular complexity index is 604. The van der Waals surface area contributed by atoms with Crippen molar-refractivity contribution >= 4 is 27.5 Å². The Morgan fingerprint density at radius 1 is 1.11 bits per heavy atom. The summed E-state index contributed by atoms with van der Waals surface area (Å²) >= 11 is 8.79. The SMILES string of the molecule is NC(Cc1ccc(Cl)cc1F)c1ccc(F)c(Br)c1. The van der Waals surface area contributed by atoms with Crippen LogP contribution in [0.5, 0.6) is 0 Å². The molecule has 0 saturated heterocycles. The first kappa shape index (κ1) is 14.4. The number of halogens is 4. The van der Waals surface area contributed by atoms with Gasteiger partial charge in [-0.05, 0) is 57.7 Å². The van der Waals surface area contributed by atoms with Gasteiger partial charge in [0.15, 0.2) is 0 Å². The topological polar surface area (TPSA) is 26.0 Å². The van der Waals surface area contributed by atoms with Gasteiger partial charge in [0.25, 0.3) is 0 Å². The van der Waals surface area contributed by atoms with Crippen LogP contribution in [-0.4, -0.2) is 0 Å². The molecule has 0 aromatic heterocycles. The Kier molecular flexibility index (Phi) is 4.55. The fraction of sp³-hybridized carbons (Fsp3) is 0.143. The van der Waals surface area contributed by atoms with E-state index in [1.807, 2.05) is 0 Å². The smallest absolute Gasteiger partial charge is 0.137 e. The Morgan fingerprint density at radius 2 is 1.84 bits per heavy atom. The summed E-state index contributed by atoms with van der Waals surface area (Å²) in [5.41, 5.74) is 7.23. The van der Waals surface area contributed by atoms with Gasteiger partial charge in [-0.1, -0.05) is 23.7 Å². The van der Waals surface area contributed by atoms with Gasteiger partial charge in [-0.2, -0.15) is 0 Å². The molecule has 0 saturated carbocycles. The lowest BCUT2D eigenvalue weighted by Crippen LogP contribution is -2.14. The summed E-state index contributed by atoms with van der Waals surface area (Å²) in [6, 6.07) is 8.60.